The summed E-state index contributed by atoms with van der Waals surface area (Å²) in [6.45, 7) is 2.56. The van der Waals surface area contributed by atoms with Crippen molar-refractivity contribution in [2.24, 2.45) is 0 Å². The Kier molecular flexibility index (Phi) is 6.71. The van der Waals surface area contributed by atoms with Gasteiger partial charge in [-0.3, -0.25) is 4.79 Å². The maximum Gasteiger partial charge on any atom is 0.233 e. The minimum Gasteiger partial charge on any atom is -0.341 e. The van der Waals surface area contributed by atoms with Crippen molar-refractivity contribution >= 4 is 51.4 Å². The van der Waals surface area contributed by atoms with Crippen molar-refractivity contribution in [3.63, 3.8) is 0 Å². The van der Waals surface area contributed by atoms with Gasteiger partial charge in [0.25, 0.3) is 0 Å². The number of carbonyl (C=O) groups is 1. The summed E-state index contributed by atoms with van der Waals surface area (Å²) in [4.78, 5) is 14.0. The average Bonchev–Trinajstić information content (AvgIpc) is 3.07. The first-order chi connectivity index (χ1) is 13.0. The molecule has 0 bridgehead atoms. The van der Waals surface area contributed by atoms with E-state index in [-0.39, 0.29) is 5.91 Å². The number of carbonyl (C=O) groups excluding carboxylic acids is 1. The molecule has 0 aliphatic carbocycles. The SMILES string of the molecule is Cc1cccc(Nc2nnc(SCC(=O)N(C)Cc3cccc(Cl)c3)s2)c1. The number of aryl methyl sites for hydroxylation is 1. The quantitative estimate of drug-likeness (QED) is 0.547. The Morgan fingerprint density at radius 3 is 2.81 bits per heavy atom. The average molecular weight is 419 g/mol. The third kappa shape index (κ3) is 5.95. The topological polar surface area (TPSA) is 58.1 Å². The van der Waals surface area contributed by atoms with Gasteiger partial charge in [-0.05, 0) is 42.3 Å². The van der Waals surface area contributed by atoms with Crippen molar-refractivity contribution < 1.29 is 4.79 Å². The first-order valence-corrected chi connectivity index (χ1v) is 10.5. The van der Waals surface area contributed by atoms with Crippen LogP contribution >= 0.6 is 34.7 Å². The Labute approximate surface area is 171 Å². The number of thioether (sulfide) groups is 1. The van der Waals surface area contributed by atoms with Crippen LogP contribution in [0.2, 0.25) is 5.02 Å². The fourth-order valence-corrected chi connectivity index (χ4v) is 4.32. The summed E-state index contributed by atoms with van der Waals surface area (Å²) >= 11 is 8.82. The lowest BCUT2D eigenvalue weighted by Crippen LogP contribution is -2.27. The van der Waals surface area contributed by atoms with Crippen LogP contribution in [0.3, 0.4) is 0 Å². The number of hydrogen-bond acceptors (Lipinski definition) is 6. The summed E-state index contributed by atoms with van der Waals surface area (Å²) in [5.74, 6) is 0.347. The van der Waals surface area contributed by atoms with Crippen molar-refractivity contribution in [3.05, 3.63) is 64.7 Å². The maximum atomic E-state index is 12.4. The summed E-state index contributed by atoms with van der Waals surface area (Å²) in [6, 6.07) is 15.6. The zero-order valence-corrected chi connectivity index (χ0v) is 17.4. The van der Waals surface area contributed by atoms with Crippen LogP contribution in [-0.2, 0) is 11.3 Å². The molecule has 0 unspecified atom stereocenters. The molecule has 5 nitrogen and oxygen atoms in total. The monoisotopic (exact) mass is 418 g/mol. The van der Waals surface area contributed by atoms with E-state index in [1.165, 1.54) is 28.7 Å². The molecule has 1 N–H and O–H groups in total. The Hall–Kier alpha value is -2.09. The number of hydrogen-bond donors (Lipinski definition) is 1. The van der Waals surface area contributed by atoms with Gasteiger partial charge in [-0.2, -0.15) is 0 Å². The maximum absolute atomic E-state index is 12.4. The molecule has 0 saturated heterocycles. The highest BCUT2D eigenvalue weighted by molar-refractivity contribution is 8.01. The molecule has 0 aliphatic heterocycles. The second kappa shape index (κ2) is 9.21. The molecule has 27 heavy (non-hydrogen) atoms. The third-order valence-corrected chi connectivity index (χ3v) is 5.92. The molecule has 8 heteroatoms. The van der Waals surface area contributed by atoms with Crippen LogP contribution in [0.15, 0.2) is 52.9 Å². The molecule has 140 valence electrons. The van der Waals surface area contributed by atoms with Gasteiger partial charge < -0.3 is 10.2 Å². The summed E-state index contributed by atoms with van der Waals surface area (Å²) in [5.41, 5.74) is 3.15. The molecular weight excluding hydrogens is 400 g/mol. The third-order valence-electron chi connectivity index (χ3n) is 3.73. The number of benzene rings is 2. The van der Waals surface area contributed by atoms with Crippen LogP contribution in [0.4, 0.5) is 10.8 Å². The number of rotatable bonds is 7. The van der Waals surface area contributed by atoms with Gasteiger partial charge in [0.05, 0.1) is 5.75 Å². The predicted octanol–water partition coefficient (Wildman–Crippen LogP) is 4.99. The van der Waals surface area contributed by atoms with Gasteiger partial charge in [0.1, 0.15) is 0 Å². The molecule has 2 aromatic carbocycles. The molecule has 0 spiro atoms. The molecule has 1 aromatic heterocycles. The van der Waals surface area contributed by atoms with E-state index in [4.69, 9.17) is 11.6 Å². The molecule has 3 rings (SSSR count). The van der Waals surface area contributed by atoms with Gasteiger partial charge in [-0.15, -0.1) is 10.2 Å². The normalized spacial score (nSPS) is 10.6. The second-order valence-electron chi connectivity index (χ2n) is 6.04. The first-order valence-electron chi connectivity index (χ1n) is 8.28. The predicted molar refractivity (Wildman–Crippen MR) is 113 cm³/mol. The number of amides is 1. The molecule has 0 aliphatic rings. The standard InChI is InChI=1S/C19H19ClN4OS2/c1-13-5-3-8-16(9-13)21-18-22-23-19(27-18)26-12-17(25)24(2)11-14-6-4-7-15(20)10-14/h3-10H,11-12H2,1-2H3,(H,21,22). The van der Waals surface area contributed by atoms with Crippen LogP contribution in [0, 0.1) is 6.92 Å². The van der Waals surface area contributed by atoms with E-state index in [1.54, 1.807) is 11.9 Å². The molecule has 1 heterocycles. The van der Waals surface area contributed by atoms with Gasteiger partial charge in [-0.1, -0.05) is 59.0 Å². The first kappa shape index (κ1) is 19.7. The van der Waals surface area contributed by atoms with E-state index >= 15 is 0 Å². The zero-order valence-electron chi connectivity index (χ0n) is 15.0. The van der Waals surface area contributed by atoms with Crippen LogP contribution < -0.4 is 5.32 Å². The van der Waals surface area contributed by atoms with Gasteiger partial charge >= 0.3 is 0 Å². The van der Waals surface area contributed by atoms with E-state index < -0.39 is 0 Å². The number of nitrogens with one attached hydrogen (secondary N) is 1. The highest BCUT2D eigenvalue weighted by atomic mass is 35.5. The summed E-state index contributed by atoms with van der Waals surface area (Å²) < 4.78 is 0.759. The Morgan fingerprint density at radius 1 is 1.22 bits per heavy atom. The van der Waals surface area contributed by atoms with E-state index in [2.05, 4.69) is 15.5 Å². The van der Waals surface area contributed by atoms with Gasteiger partial charge in [-0.25, -0.2) is 0 Å². The lowest BCUT2D eigenvalue weighted by atomic mass is 10.2. The second-order valence-corrected chi connectivity index (χ2v) is 8.67. The number of anilines is 2. The summed E-state index contributed by atoms with van der Waals surface area (Å²) in [5, 5.41) is 12.9. The minimum absolute atomic E-state index is 0.0309. The van der Waals surface area contributed by atoms with Crippen LogP contribution in [0.25, 0.3) is 0 Å². The van der Waals surface area contributed by atoms with Crippen molar-refractivity contribution in [1.82, 2.24) is 15.1 Å². The van der Waals surface area contributed by atoms with Crippen LogP contribution in [-0.4, -0.2) is 33.8 Å². The lowest BCUT2D eigenvalue weighted by molar-refractivity contribution is -0.127. The van der Waals surface area contributed by atoms with Crippen LogP contribution in [0.5, 0.6) is 0 Å². The molecule has 3 aromatic rings. The van der Waals surface area contributed by atoms with Crippen molar-refractivity contribution in [2.45, 2.75) is 17.8 Å². The Bertz CT molecular complexity index is 931. The smallest absolute Gasteiger partial charge is 0.233 e. The number of aromatic nitrogens is 2. The zero-order chi connectivity index (χ0) is 19.2. The lowest BCUT2D eigenvalue weighted by Gasteiger charge is -2.16. The summed E-state index contributed by atoms with van der Waals surface area (Å²) in [6.07, 6.45) is 0. The van der Waals surface area contributed by atoms with Gasteiger partial charge in [0.15, 0.2) is 4.34 Å². The van der Waals surface area contributed by atoms with E-state index in [9.17, 15) is 4.79 Å². The molecule has 0 saturated carbocycles. The van der Waals surface area contributed by atoms with E-state index in [1.807, 2.05) is 55.5 Å². The van der Waals surface area contributed by atoms with Gasteiger partial charge in [0.2, 0.25) is 11.0 Å². The fourth-order valence-electron chi connectivity index (χ4n) is 2.40. The molecule has 1 amide bonds. The van der Waals surface area contributed by atoms with Crippen molar-refractivity contribution in [2.75, 3.05) is 18.1 Å². The van der Waals surface area contributed by atoms with Crippen molar-refractivity contribution in [3.8, 4) is 0 Å². The fraction of sp³-hybridized carbons (Fsp3) is 0.211. The van der Waals surface area contributed by atoms with E-state index in [0.29, 0.717) is 22.5 Å². The van der Waals surface area contributed by atoms with Crippen molar-refractivity contribution in [1.29, 1.82) is 0 Å². The highest BCUT2D eigenvalue weighted by Gasteiger charge is 2.13. The molecule has 0 radical (unpaired) electrons. The minimum atomic E-state index is 0.0309. The van der Waals surface area contributed by atoms with E-state index in [0.717, 1.165) is 15.6 Å². The largest absolute Gasteiger partial charge is 0.341 e. The summed E-state index contributed by atoms with van der Waals surface area (Å²) in [7, 11) is 1.79. The van der Waals surface area contributed by atoms with Crippen LogP contribution in [0.1, 0.15) is 11.1 Å². The van der Waals surface area contributed by atoms with Gasteiger partial charge in [0, 0.05) is 24.3 Å². The molecule has 0 atom stereocenters. The molecule has 0 fully saturated rings. The number of nitrogens with zero attached hydrogens (tertiary/aromatic N) is 3. The highest BCUT2D eigenvalue weighted by Crippen LogP contribution is 2.28. The Balaban J connectivity index is 1.51. The number of halogens is 1. The molecular formula is C19H19ClN4OS2. The Morgan fingerprint density at radius 2 is 2.04 bits per heavy atom.